The lowest BCUT2D eigenvalue weighted by Crippen LogP contribution is -2.27. The smallest absolute Gasteiger partial charge is 0.271 e. The number of hydrogen-bond donors (Lipinski definition) is 0. The molecule has 3 rings (SSSR count). The molecule has 0 aliphatic carbocycles. The summed E-state index contributed by atoms with van der Waals surface area (Å²) in [6.45, 7) is 10.1. The van der Waals surface area contributed by atoms with Crippen molar-refractivity contribution in [3.05, 3.63) is 69.5 Å². The monoisotopic (exact) mass is 366 g/mol. The fourth-order valence-electron chi connectivity index (χ4n) is 3.34. The normalized spacial score (nSPS) is 11.4. The average Bonchev–Trinajstić information content (AvgIpc) is 3.00. The van der Waals surface area contributed by atoms with Gasteiger partial charge in [0.1, 0.15) is 5.82 Å². The van der Waals surface area contributed by atoms with Crippen LogP contribution in [0.15, 0.2) is 42.5 Å². The van der Waals surface area contributed by atoms with Crippen molar-refractivity contribution in [2.75, 3.05) is 19.6 Å². The number of aromatic nitrogens is 2. The second-order valence-corrected chi connectivity index (χ2v) is 6.80. The van der Waals surface area contributed by atoms with Crippen LogP contribution < -0.4 is 0 Å². The molecular formula is C21H26N4O2. The van der Waals surface area contributed by atoms with E-state index in [0.29, 0.717) is 11.9 Å². The summed E-state index contributed by atoms with van der Waals surface area (Å²) >= 11 is 0. The van der Waals surface area contributed by atoms with Gasteiger partial charge in [-0.25, -0.2) is 4.98 Å². The zero-order chi connectivity index (χ0) is 19.4. The molecule has 27 heavy (non-hydrogen) atoms. The lowest BCUT2D eigenvalue weighted by molar-refractivity contribution is -0.384. The molecule has 2 aromatic carbocycles. The number of non-ortho nitro benzene ring substituents is 1. The van der Waals surface area contributed by atoms with Crippen LogP contribution in [0.1, 0.15) is 30.8 Å². The highest BCUT2D eigenvalue weighted by molar-refractivity contribution is 5.78. The summed E-state index contributed by atoms with van der Waals surface area (Å²) in [6, 6.07) is 13.4. The average molecular weight is 366 g/mol. The standard InChI is InChI=1S/C21H26N4O2/c1-4-23(5-2)12-13-24-20-11-10-18(25(26)27)15-19(20)22-21(24)14-17-8-6-16(3)7-9-17/h6-11,15H,4-5,12-14H2,1-3H3. The Morgan fingerprint density at radius 3 is 2.44 bits per heavy atom. The first-order chi connectivity index (χ1) is 13.0. The molecule has 0 fully saturated rings. The molecule has 0 saturated carbocycles. The number of imidazole rings is 1. The van der Waals surface area contributed by atoms with E-state index in [2.05, 4.69) is 54.5 Å². The van der Waals surface area contributed by atoms with Crippen LogP contribution in [0, 0.1) is 17.0 Å². The molecule has 0 aliphatic rings. The molecule has 3 aromatic rings. The maximum atomic E-state index is 11.1. The van der Waals surface area contributed by atoms with Crippen molar-refractivity contribution in [1.82, 2.24) is 14.5 Å². The molecule has 0 N–H and O–H groups in total. The molecule has 0 aliphatic heterocycles. The number of aryl methyl sites for hydroxylation is 1. The van der Waals surface area contributed by atoms with E-state index in [0.717, 1.165) is 37.5 Å². The topological polar surface area (TPSA) is 64.2 Å². The Hall–Kier alpha value is -2.73. The van der Waals surface area contributed by atoms with Gasteiger partial charge in [-0.15, -0.1) is 0 Å². The van der Waals surface area contributed by atoms with Crippen molar-refractivity contribution in [3.8, 4) is 0 Å². The molecule has 142 valence electrons. The van der Waals surface area contributed by atoms with E-state index in [4.69, 9.17) is 4.98 Å². The fraction of sp³-hybridized carbons (Fsp3) is 0.381. The van der Waals surface area contributed by atoms with Crippen LogP contribution in [-0.2, 0) is 13.0 Å². The Kier molecular flexibility index (Phi) is 5.86. The Balaban J connectivity index is 1.98. The second-order valence-electron chi connectivity index (χ2n) is 6.80. The Labute approximate surface area is 159 Å². The van der Waals surface area contributed by atoms with E-state index >= 15 is 0 Å². The summed E-state index contributed by atoms with van der Waals surface area (Å²) in [5.41, 5.74) is 4.14. The highest BCUT2D eigenvalue weighted by Gasteiger charge is 2.15. The van der Waals surface area contributed by atoms with Gasteiger partial charge < -0.3 is 9.47 Å². The van der Waals surface area contributed by atoms with E-state index in [1.807, 2.05) is 6.07 Å². The first-order valence-electron chi connectivity index (χ1n) is 9.43. The molecule has 1 aromatic heterocycles. The van der Waals surface area contributed by atoms with Crippen molar-refractivity contribution in [2.45, 2.75) is 33.7 Å². The molecule has 1 heterocycles. The molecule has 0 spiro atoms. The number of benzene rings is 2. The summed E-state index contributed by atoms with van der Waals surface area (Å²) in [6.07, 6.45) is 0.709. The van der Waals surface area contributed by atoms with Crippen molar-refractivity contribution in [1.29, 1.82) is 0 Å². The van der Waals surface area contributed by atoms with Crippen molar-refractivity contribution in [2.24, 2.45) is 0 Å². The van der Waals surface area contributed by atoms with Crippen LogP contribution in [-0.4, -0.2) is 39.0 Å². The van der Waals surface area contributed by atoms with Crippen LogP contribution >= 0.6 is 0 Å². The molecule has 6 nitrogen and oxygen atoms in total. The zero-order valence-electron chi connectivity index (χ0n) is 16.2. The number of rotatable bonds is 8. The van der Waals surface area contributed by atoms with Gasteiger partial charge in [0.2, 0.25) is 0 Å². The predicted molar refractivity (Wildman–Crippen MR) is 108 cm³/mol. The SMILES string of the molecule is CCN(CC)CCn1c(Cc2ccc(C)cc2)nc2cc([N+](=O)[O-])ccc21. The maximum absolute atomic E-state index is 11.1. The third kappa shape index (κ3) is 4.34. The minimum atomic E-state index is -0.367. The summed E-state index contributed by atoms with van der Waals surface area (Å²) < 4.78 is 2.21. The van der Waals surface area contributed by atoms with E-state index in [9.17, 15) is 10.1 Å². The number of likely N-dealkylation sites (N-methyl/N-ethyl adjacent to an activating group) is 1. The van der Waals surface area contributed by atoms with E-state index in [-0.39, 0.29) is 10.6 Å². The third-order valence-electron chi connectivity index (χ3n) is 5.04. The van der Waals surface area contributed by atoms with Gasteiger partial charge >= 0.3 is 0 Å². The van der Waals surface area contributed by atoms with Crippen molar-refractivity contribution in [3.63, 3.8) is 0 Å². The number of nitro benzene ring substituents is 1. The first-order valence-corrected chi connectivity index (χ1v) is 9.43. The van der Waals surface area contributed by atoms with Crippen LogP contribution in [0.2, 0.25) is 0 Å². The van der Waals surface area contributed by atoms with Crippen LogP contribution in [0.5, 0.6) is 0 Å². The van der Waals surface area contributed by atoms with Gasteiger partial charge in [0.15, 0.2) is 0 Å². The molecule has 0 saturated heterocycles. The fourth-order valence-corrected chi connectivity index (χ4v) is 3.34. The minimum absolute atomic E-state index is 0.0813. The quantitative estimate of drug-likeness (QED) is 0.443. The van der Waals surface area contributed by atoms with Gasteiger partial charge in [0.05, 0.1) is 16.0 Å². The first kappa shape index (κ1) is 19.0. The maximum Gasteiger partial charge on any atom is 0.271 e. The van der Waals surface area contributed by atoms with Crippen LogP contribution in [0.4, 0.5) is 5.69 Å². The van der Waals surface area contributed by atoms with Gasteiger partial charge in [0.25, 0.3) is 5.69 Å². The molecule has 0 atom stereocenters. The highest BCUT2D eigenvalue weighted by atomic mass is 16.6. The van der Waals surface area contributed by atoms with Gasteiger partial charge in [-0.3, -0.25) is 10.1 Å². The number of nitro groups is 1. The molecule has 0 radical (unpaired) electrons. The third-order valence-corrected chi connectivity index (χ3v) is 5.04. The van der Waals surface area contributed by atoms with Gasteiger partial charge in [-0.05, 0) is 31.6 Å². The van der Waals surface area contributed by atoms with Crippen LogP contribution in [0.25, 0.3) is 11.0 Å². The number of fused-ring (bicyclic) bond motifs is 1. The van der Waals surface area contributed by atoms with Gasteiger partial charge in [0, 0.05) is 31.6 Å². The Morgan fingerprint density at radius 1 is 1.11 bits per heavy atom. The van der Waals surface area contributed by atoms with Crippen LogP contribution in [0.3, 0.4) is 0 Å². The second kappa shape index (κ2) is 8.31. The summed E-state index contributed by atoms with van der Waals surface area (Å²) in [5.74, 6) is 0.946. The molecule has 0 amide bonds. The lowest BCUT2D eigenvalue weighted by Gasteiger charge is -2.19. The largest absolute Gasteiger partial charge is 0.326 e. The number of hydrogen-bond acceptors (Lipinski definition) is 4. The molecular weight excluding hydrogens is 340 g/mol. The predicted octanol–water partition coefficient (Wildman–Crippen LogP) is 4.19. The van der Waals surface area contributed by atoms with Crippen molar-refractivity contribution >= 4 is 16.7 Å². The Bertz CT molecular complexity index is 927. The zero-order valence-corrected chi connectivity index (χ0v) is 16.2. The van der Waals surface area contributed by atoms with Crippen molar-refractivity contribution < 1.29 is 4.92 Å². The minimum Gasteiger partial charge on any atom is -0.326 e. The summed E-state index contributed by atoms with van der Waals surface area (Å²) in [5, 5.41) is 11.1. The van der Waals surface area contributed by atoms with E-state index < -0.39 is 0 Å². The molecule has 6 heteroatoms. The van der Waals surface area contributed by atoms with Gasteiger partial charge in [-0.2, -0.15) is 0 Å². The van der Waals surface area contributed by atoms with E-state index in [1.165, 1.54) is 11.1 Å². The van der Waals surface area contributed by atoms with E-state index in [1.54, 1.807) is 12.1 Å². The lowest BCUT2D eigenvalue weighted by atomic mass is 10.1. The van der Waals surface area contributed by atoms with Gasteiger partial charge in [-0.1, -0.05) is 43.7 Å². The summed E-state index contributed by atoms with van der Waals surface area (Å²) in [4.78, 5) is 17.9. The summed E-state index contributed by atoms with van der Waals surface area (Å²) in [7, 11) is 0. The number of nitrogens with zero attached hydrogens (tertiary/aromatic N) is 4. The Morgan fingerprint density at radius 2 is 1.81 bits per heavy atom. The molecule has 0 unspecified atom stereocenters. The molecule has 0 bridgehead atoms. The highest BCUT2D eigenvalue weighted by Crippen LogP contribution is 2.23.